The molecule has 1 atom stereocenters. The molecule has 6 heteroatoms. The first-order valence-electron chi connectivity index (χ1n) is 28.1. The summed E-state index contributed by atoms with van der Waals surface area (Å²) >= 11 is 0. The first-order valence-corrected chi connectivity index (χ1v) is 28.1. The van der Waals surface area contributed by atoms with E-state index in [4.69, 9.17) is 14.2 Å². The highest BCUT2D eigenvalue weighted by Gasteiger charge is 2.19. The zero-order chi connectivity index (χ0) is 48.6. The van der Waals surface area contributed by atoms with E-state index in [1.807, 2.05) is 0 Å². The fourth-order valence-corrected chi connectivity index (χ4v) is 7.63. The van der Waals surface area contributed by atoms with Gasteiger partial charge in [-0.3, -0.25) is 14.4 Å². The molecule has 0 heterocycles. The molecule has 0 aromatic carbocycles. The summed E-state index contributed by atoms with van der Waals surface area (Å²) in [6.45, 7) is 6.47. The molecule has 0 bridgehead atoms. The van der Waals surface area contributed by atoms with Gasteiger partial charge in [0.25, 0.3) is 0 Å². The first kappa shape index (κ1) is 63.6. The zero-order valence-corrected chi connectivity index (χ0v) is 43.9. The second kappa shape index (κ2) is 55.2. The van der Waals surface area contributed by atoms with E-state index >= 15 is 0 Å². The Morgan fingerprint density at radius 3 is 0.940 bits per heavy atom. The molecule has 0 aromatic rings. The molecule has 0 spiro atoms. The van der Waals surface area contributed by atoms with Crippen LogP contribution in [0.2, 0.25) is 0 Å². The third kappa shape index (κ3) is 53.4. The average molecular weight is 933 g/mol. The van der Waals surface area contributed by atoms with Gasteiger partial charge < -0.3 is 14.2 Å². The van der Waals surface area contributed by atoms with Crippen molar-refractivity contribution in [2.75, 3.05) is 13.2 Å². The largest absolute Gasteiger partial charge is 0.462 e. The van der Waals surface area contributed by atoms with Crippen molar-refractivity contribution in [3.63, 3.8) is 0 Å². The maximum atomic E-state index is 12.8. The van der Waals surface area contributed by atoms with Crippen LogP contribution in [0.5, 0.6) is 0 Å². The van der Waals surface area contributed by atoms with Crippen LogP contribution in [-0.4, -0.2) is 37.2 Å². The van der Waals surface area contributed by atoms with Crippen molar-refractivity contribution in [1.29, 1.82) is 0 Å². The van der Waals surface area contributed by atoms with E-state index in [2.05, 4.69) is 106 Å². The summed E-state index contributed by atoms with van der Waals surface area (Å²) < 4.78 is 16.8. The molecule has 0 N–H and O–H groups in total. The Hall–Kier alpha value is -3.41. The molecule has 0 aliphatic carbocycles. The Balaban J connectivity index is 4.45. The van der Waals surface area contributed by atoms with Gasteiger partial charge in [-0.05, 0) is 116 Å². The number of ether oxygens (including phenoxy) is 3. The Kier molecular flexibility index (Phi) is 52.4. The van der Waals surface area contributed by atoms with E-state index in [0.717, 1.165) is 96.3 Å². The first-order chi connectivity index (χ1) is 33.0. The van der Waals surface area contributed by atoms with E-state index in [0.29, 0.717) is 19.3 Å². The number of carbonyl (C=O) groups excluding carboxylic acids is 3. The molecule has 0 saturated heterocycles. The van der Waals surface area contributed by atoms with Gasteiger partial charge in [0.1, 0.15) is 13.2 Å². The van der Waals surface area contributed by atoms with Crippen molar-refractivity contribution in [1.82, 2.24) is 0 Å². The molecule has 0 amide bonds. The van der Waals surface area contributed by atoms with Crippen molar-refractivity contribution < 1.29 is 28.6 Å². The van der Waals surface area contributed by atoms with Crippen LogP contribution in [0.15, 0.2) is 85.1 Å². The van der Waals surface area contributed by atoms with Crippen molar-refractivity contribution in [3.05, 3.63) is 85.1 Å². The summed E-state index contributed by atoms with van der Waals surface area (Å²) in [7, 11) is 0. The molecule has 0 aliphatic heterocycles. The van der Waals surface area contributed by atoms with Crippen LogP contribution in [0.4, 0.5) is 0 Å². The topological polar surface area (TPSA) is 78.9 Å². The van der Waals surface area contributed by atoms with Gasteiger partial charge in [0, 0.05) is 19.3 Å². The second-order valence-electron chi connectivity index (χ2n) is 18.5. The minimum absolute atomic E-state index is 0.0909. The predicted molar refractivity (Wildman–Crippen MR) is 288 cm³/mol. The highest BCUT2D eigenvalue weighted by atomic mass is 16.6. The number of carbonyl (C=O) groups is 3. The summed E-state index contributed by atoms with van der Waals surface area (Å²) in [4.78, 5) is 38.1. The lowest BCUT2D eigenvalue weighted by Gasteiger charge is -2.18. The monoisotopic (exact) mass is 933 g/mol. The van der Waals surface area contributed by atoms with Gasteiger partial charge in [-0.25, -0.2) is 0 Å². The summed E-state index contributed by atoms with van der Waals surface area (Å²) in [6.07, 6.45) is 71.3. The highest BCUT2D eigenvalue weighted by Crippen LogP contribution is 2.14. The Bertz CT molecular complexity index is 1300. The number of allylic oxidation sites excluding steroid dienone is 14. The third-order valence-electron chi connectivity index (χ3n) is 11.9. The molecular formula is C61H104O6. The number of hydrogen-bond donors (Lipinski definition) is 0. The van der Waals surface area contributed by atoms with E-state index in [9.17, 15) is 14.4 Å². The SMILES string of the molecule is CC/C=C\C/C=C\C/C=C\C/C=C\C/C=C\CCCCCC(=O)OC[C@H](COC(=O)CCCCCCCCC/C=C\CCCCCC)OC(=O)CCCCCCCCC/C=C\CCCCCC. The molecule has 0 aromatic heterocycles. The van der Waals surface area contributed by atoms with Crippen LogP contribution < -0.4 is 0 Å². The van der Waals surface area contributed by atoms with E-state index in [1.165, 1.54) is 128 Å². The lowest BCUT2D eigenvalue weighted by Crippen LogP contribution is -2.30. The van der Waals surface area contributed by atoms with Crippen molar-refractivity contribution in [3.8, 4) is 0 Å². The Morgan fingerprint density at radius 2 is 0.582 bits per heavy atom. The molecule has 0 radical (unpaired) electrons. The number of unbranched alkanes of at least 4 members (excludes halogenated alkanes) is 25. The molecule has 0 saturated carbocycles. The zero-order valence-electron chi connectivity index (χ0n) is 43.9. The molecule has 0 unspecified atom stereocenters. The minimum atomic E-state index is -0.794. The number of esters is 3. The minimum Gasteiger partial charge on any atom is -0.462 e. The van der Waals surface area contributed by atoms with Crippen LogP contribution in [-0.2, 0) is 28.6 Å². The van der Waals surface area contributed by atoms with Crippen LogP contribution in [0.1, 0.15) is 265 Å². The summed E-state index contributed by atoms with van der Waals surface area (Å²) in [5.74, 6) is -0.929. The Morgan fingerprint density at radius 1 is 0.313 bits per heavy atom. The van der Waals surface area contributed by atoms with Crippen LogP contribution in [0.3, 0.4) is 0 Å². The van der Waals surface area contributed by atoms with Gasteiger partial charge in [-0.15, -0.1) is 0 Å². The summed E-state index contributed by atoms with van der Waals surface area (Å²) in [5.41, 5.74) is 0. The second-order valence-corrected chi connectivity index (χ2v) is 18.5. The molecule has 0 fully saturated rings. The molecule has 0 rings (SSSR count). The van der Waals surface area contributed by atoms with E-state index in [1.54, 1.807) is 0 Å². The summed E-state index contributed by atoms with van der Waals surface area (Å²) in [5, 5.41) is 0. The number of hydrogen-bond acceptors (Lipinski definition) is 6. The lowest BCUT2D eigenvalue weighted by atomic mass is 10.1. The normalized spacial score (nSPS) is 12.7. The molecule has 384 valence electrons. The molecular weight excluding hydrogens is 829 g/mol. The van der Waals surface area contributed by atoms with Crippen LogP contribution >= 0.6 is 0 Å². The quantitative estimate of drug-likeness (QED) is 0.0262. The van der Waals surface area contributed by atoms with Gasteiger partial charge in [0.15, 0.2) is 6.10 Å². The summed E-state index contributed by atoms with van der Waals surface area (Å²) in [6, 6.07) is 0. The van der Waals surface area contributed by atoms with Gasteiger partial charge in [0.05, 0.1) is 0 Å². The average Bonchev–Trinajstić information content (AvgIpc) is 3.33. The van der Waals surface area contributed by atoms with Gasteiger partial charge in [-0.2, -0.15) is 0 Å². The van der Waals surface area contributed by atoms with E-state index in [-0.39, 0.29) is 31.1 Å². The Labute approximate surface area is 414 Å². The molecule has 6 nitrogen and oxygen atoms in total. The third-order valence-corrected chi connectivity index (χ3v) is 11.9. The maximum Gasteiger partial charge on any atom is 0.306 e. The molecule has 0 aliphatic rings. The maximum absolute atomic E-state index is 12.8. The molecule has 67 heavy (non-hydrogen) atoms. The lowest BCUT2D eigenvalue weighted by molar-refractivity contribution is -0.167. The van der Waals surface area contributed by atoms with Crippen molar-refractivity contribution in [2.24, 2.45) is 0 Å². The highest BCUT2D eigenvalue weighted by molar-refractivity contribution is 5.71. The predicted octanol–water partition coefficient (Wildman–Crippen LogP) is 18.8. The van der Waals surface area contributed by atoms with Gasteiger partial charge in [-0.1, -0.05) is 215 Å². The van der Waals surface area contributed by atoms with E-state index < -0.39 is 6.10 Å². The van der Waals surface area contributed by atoms with Crippen molar-refractivity contribution in [2.45, 2.75) is 271 Å². The fraction of sp³-hybridized carbons (Fsp3) is 0.721. The van der Waals surface area contributed by atoms with Crippen molar-refractivity contribution >= 4 is 17.9 Å². The van der Waals surface area contributed by atoms with Crippen LogP contribution in [0, 0.1) is 0 Å². The fourth-order valence-electron chi connectivity index (χ4n) is 7.63. The van der Waals surface area contributed by atoms with Gasteiger partial charge in [0.2, 0.25) is 0 Å². The number of rotatable bonds is 50. The smallest absolute Gasteiger partial charge is 0.306 e. The standard InChI is InChI=1S/C61H104O6/c1-4-7-10-13-16-19-22-25-28-29-30-31-34-36-39-42-45-48-51-54-60(63)66-57-58(67-61(64)55-52-49-46-43-40-37-33-27-24-21-18-15-12-9-6-3)56-65-59(62)53-50-47-44-41-38-35-32-26-23-20-17-14-11-8-5-2/h7,10,16,19-21,23-25,28,30-31,36,39,58H,4-6,8-9,11-15,17-18,22,26-27,29,32-35,37-38,40-57H2,1-3H3/b10-7-,19-16-,23-20-,24-21-,28-25-,31-30-,39-36-/t58-/m0/s1. The van der Waals surface area contributed by atoms with Gasteiger partial charge >= 0.3 is 17.9 Å². The van der Waals surface area contributed by atoms with Crippen LogP contribution in [0.25, 0.3) is 0 Å².